The third-order valence-electron chi connectivity index (χ3n) is 6.22. The molecule has 3 rings (SSSR count). The van der Waals surface area contributed by atoms with Crippen LogP contribution in [-0.4, -0.2) is 57.9 Å². The van der Waals surface area contributed by atoms with E-state index in [4.69, 9.17) is 10.8 Å². The summed E-state index contributed by atoms with van der Waals surface area (Å²) in [5.41, 5.74) is 7.79. The van der Waals surface area contributed by atoms with E-state index in [2.05, 4.69) is 10.3 Å². The van der Waals surface area contributed by atoms with Gasteiger partial charge in [0, 0.05) is 18.7 Å². The Kier molecular flexibility index (Phi) is 8.98. The van der Waals surface area contributed by atoms with Gasteiger partial charge in [0.15, 0.2) is 0 Å². The first-order chi connectivity index (χ1) is 16.3. The van der Waals surface area contributed by atoms with Gasteiger partial charge in [0.25, 0.3) is 5.91 Å². The van der Waals surface area contributed by atoms with Gasteiger partial charge in [-0.2, -0.15) is 4.99 Å². The molecule has 9 nitrogen and oxygen atoms in total. The zero-order valence-electron chi connectivity index (χ0n) is 19.2. The number of carboxylic acids is 2. The monoisotopic (exact) mass is 468 g/mol. The minimum Gasteiger partial charge on any atom is -0.480 e. The van der Waals surface area contributed by atoms with Gasteiger partial charge in [0.2, 0.25) is 0 Å². The summed E-state index contributed by atoms with van der Waals surface area (Å²) in [5, 5.41) is 21.2. The highest BCUT2D eigenvalue weighted by Gasteiger charge is 2.25. The Morgan fingerprint density at radius 1 is 1.12 bits per heavy atom. The van der Waals surface area contributed by atoms with E-state index in [1.165, 1.54) is 6.42 Å². The maximum atomic E-state index is 12.8. The van der Waals surface area contributed by atoms with Crippen molar-refractivity contribution < 1.29 is 24.6 Å². The maximum Gasteiger partial charge on any atom is 0.352 e. The molecular weight excluding hydrogens is 436 g/mol. The van der Waals surface area contributed by atoms with Crippen molar-refractivity contribution >= 4 is 23.7 Å². The standard InChI is InChI=1S/C25H32N4O5/c26-23(28-24(32)20(27-15-22(30)31)14-17-6-2-1-3-7-17)19-11-9-18(10-12-19)16-29-13-5-4-8-21(29)25(33)34/h4-5,8-12,17,20,27H,1-3,6-7,13-16H2,(H,30,31)(H,33,34)(H2,26,28,32)/t20-/m1/s1. The largest absolute Gasteiger partial charge is 0.480 e. The Morgan fingerprint density at radius 3 is 2.47 bits per heavy atom. The summed E-state index contributed by atoms with van der Waals surface area (Å²) in [7, 11) is 0. The SMILES string of the molecule is NC(=NC(=O)[C@@H](CC1CCCCC1)NCC(=O)O)c1ccc(CN2CC=CC=C2C(=O)O)cc1. The molecule has 1 aliphatic heterocycles. The highest BCUT2D eigenvalue weighted by molar-refractivity contribution is 6.05. The van der Waals surface area contributed by atoms with E-state index in [0.29, 0.717) is 31.0 Å². The van der Waals surface area contributed by atoms with Crippen LogP contribution < -0.4 is 11.1 Å². The number of rotatable bonds is 10. The molecule has 34 heavy (non-hydrogen) atoms. The zero-order chi connectivity index (χ0) is 24.5. The van der Waals surface area contributed by atoms with E-state index in [9.17, 15) is 19.5 Å². The first kappa shape index (κ1) is 25.2. The lowest BCUT2D eigenvalue weighted by Gasteiger charge is -2.25. The number of carbonyl (C=O) groups excluding carboxylic acids is 1. The van der Waals surface area contributed by atoms with Crippen LogP contribution in [-0.2, 0) is 20.9 Å². The molecular formula is C25H32N4O5. The van der Waals surface area contributed by atoms with Gasteiger partial charge in [-0.15, -0.1) is 0 Å². The fourth-order valence-corrected chi connectivity index (χ4v) is 4.41. The summed E-state index contributed by atoms with van der Waals surface area (Å²) in [6.45, 7) is 0.608. The predicted molar refractivity (Wildman–Crippen MR) is 128 cm³/mol. The Labute approximate surface area is 199 Å². The van der Waals surface area contributed by atoms with Gasteiger partial charge in [-0.3, -0.25) is 14.9 Å². The molecule has 0 unspecified atom stereocenters. The number of nitrogens with zero attached hydrogens (tertiary/aromatic N) is 2. The van der Waals surface area contributed by atoms with Crippen molar-refractivity contribution in [1.82, 2.24) is 10.2 Å². The molecule has 1 atom stereocenters. The van der Waals surface area contributed by atoms with Crippen LogP contribution in [0.5, 0.6) is 0 Å². The van der Waals surface area contributed by atoms with Crippen molar-refractivity contribution in [3.63, 3.8) is 0 Å². The second kappa shape index (κ2) is 12.1. The molecule has 0 saturated heterocycles. The van der Waals surface area contributed by atoms with E-state index in [0.717, 1.165) is 31.2 Å². The highest BCUT2D eigenvalue weighted by Crippen LogP contribution is 2.27. The van der Waals surface area contributed by atoms with Crippen molar-refractivity contribution in [3.8, 4) is 0 Å². The molecule has 1 aromatic rings. The lowest BCUT2D eigenvalue weighted by molar-refractivity contribution is -0.136. The normalized spacial score (nSPS) is 17.8. The molecule has 0 aromatic heterocycles. The summed E-state index contributed by atoms with van der Waals surface area (Å²) in [5.74, 6) is -2.04. The number of amidine groups is 1. The average Bonchev–Trinajstić information content (AvgIpc) is 2.82. The van der Waals surface area contributed by atoms with Crippen LogP contribution >= 0.6 is 0 Å². The van der Waals surface area contributed by atoms with Crippen LogP contribution in [0.1, 0.15) is 49.7 Å². The first-order valence-electron chi connectivity index (χ1n) is 11.6. The highest BCUT2D eigenvalue weighted by atomic mass is 16.4. The number of aliphatic imine (C=N–C) groups is 1. The molecule has 1 amide bonds. The second-order valence-electron chi connectivity index (χ2n) is 8.76. The Bertz CT molecular complexity index is 978. The number of hydrogen-bond donors (Lipinski definition) is 4. The van der Waals surface area contributed by atoms with Crippen molar-refractivity contribution in [2.75, 3.05) is 13.1 Å². The number of nitrogens with two attached hydrogens (primary N) is 1. The molecule has 0 spiro atoms. The lowest BCUT2D eigenvalue weighted by atomic mass is 9.84. The lowest BCUT2D eigenvalue weighted by Crippen LogP contribution is -2.41. The van der Waals surface area contributed by atoms with Crippen molar-refractivity contribution in [3.05, 3.63) is 59.3 Å². The van der Waals surface area contributed by atoms with Crippen LogP contribution in [0.2, 0.25) is 0 Å². The van der Waals surface area contributed by atoms with E-state index in [-0.39, 0.29) is 18.1 Å². The molecule has 5 N–H and O–H groups in total. The smallest absolute Gasteiger partial charge is 0.352 e. The van der Waals surface area contributed by atoms with Gasteiger partial charge in [-0.1, -0.05) is 68.5 Å². The molecule has 1 aromatic carbocycles. The van der Waals surface area contributed by atoms with Gasteiger partial charge in [0.05, 0.1) is 12.6 Å². The van der Waals surface area contributed by atoms with E-state index < -0.39 is 23.9 Å². The third-order valence-corrected chi connectivity index (χ3v) is 6.22. The molecule has 0 radical (unpaired) electrons. The predicted octanol–water partition coefficient (Wildman–Crippen LogP) is 2.27. The minimum absolute atomic E-state index is 0.0642. The van der Waals surface area contributed by atoms with Crippen molar-refractivity contribution in [2.45, 2.75) is 51.1 Å². The summed E-state index contributed by atoms with van der Waals surface area (Å²) in [6, 6.07) is 6.44. The number of amides is 1. The Morgan fingerprint density at radius 2 is 1.82 bits per heavy atom. The van der Waals surface area contributed by atoms with Crippen molar-refractivity contribution in [2.24, 2.45) is 16.6 Å². The summed E-state index contributed by atoms with van der Waals surface area (Å²) in [4.78, 5) is 41.1. The van der Waals surface area contributed by atoms with Crippen LogP contribution in [0.3, 0.4) is 0 Å². The molecule has 0 bridgehead atoms. The summed E-state index contributed by atoms with van der Waals surface area (Å²) in [6.07, 6.45) is 11.2. The molecule has 9 heteroatoms. The number of benzene rings is 1. The van der Waals surface area contributed by atoms with Crippen LogP contribution in [0.4, 0.5) is 0 Å². The molecule has 2 aliphatic rings. The van der Waals surface area contributed by atoms with Crippen LogP contribution in [0.25, 0.3) is 0 Å². The number of aliphatic carboxylic acids is 2. The number of hydrogen-bond acceptors (Lipinski definition) is 5. The summed E-state index contributed by atoms with van der Waals surface area (Å²) >= 11 is 0. The minimum atomic E-state index is -1.03. The number of carboxylic acid groups (broad SMARTS) is 2. The topological polar surface area (TPSA) is 145 Å². The van der Waals surface area contributed by atoms with E-state index >= 15 is 0 Å². The first-order valence-corrected chi connectivity index (χ1v) is 11.6. The van der Waals surface area contributed by atoms with E-state index in [1.54, 1.807) is 29.2 Å². The second-order valence-corrected chi connectivity index (χ2v) is 8.76. The van der Waals surface area contributed by atoms with Gasteiger partial charge in [-0.05, 0) is 24.0 Å². The van der Waals surface area contributed by atoms with Gasteiger partial charge < -0.3 is 20.8 Å². The quantitative estimate of drug-likeness (QED) is 0.302. The van der Waals surface area contributed by atoms with Gasteiger partial charge in [-0.25, -0.2) is 4.79 Å². The van der Waals surface area contributed by atoms with Gasteiger partial charge >= 0.3 is 11.9 Å². The molecule has 1 heterocycles. The number of allylic oxidation sites excluding steroid dienone is 2. The number of nitrogens with one attached hydrogen (secondary N) is 1. The molecule has 1 aliphatic carbocycles. The fraction of sp³-hybridized carbons (Fsp3) is 0.440. The molecule has 1 saturated carbocycles. The number of carbonyl (C=O) groups is 3. The van der Waals surface area contributed by atoms with E-state index in [1.807, 2.05) is 18.2 Å². The van der Waals surface area contributed by atoms with Crippen LogP contribution in [0.15, 0.2) is 53.2 Å². The molecule has 1 fully saturated rings. The zero-order valence-corrected chi connectivity index (χ0v) is 19.2. The van der Waals surface area contributed by atoms with Crippen molar-refractivity contribution in [1.29, 1.82) is 0 Å². The Hall–Kier alpha value is -3.46. The van der Waals surface area contributed by atoms with Crippen LogP contribution in [0, 0.1) is 5.92 Å². The van der Waals surface area contributed by atoms with Gasteiger partial charge in [0.1, 0.15) is 11.5 Å². The molecule has 182 valence electrons. The summed E-state index contributed by atoms with van der Waals surface area (Å²) < 4.78 is 0. The Balaban J connectivity index is 1.66. The maximum absolute atomic E-state index is 12.8. The third kappa shape index (κ3) is 7.28. The average molecular weight is 469 g/mol. The fourth-order valence-electron chi connectivity index (χ4n) is 4.41.